The lowest BCUT2D eigenvalue weighted by molar-refractivity contribution is -0.132. The molecule has 1 heterocycles. The topological polar surface area (TPSA) is 84.9 Å². The van der Waals surface area contributed by atoms with Crippen molar-refractivity contribution >= 4 is 28.2 Å². The average Bonchev–Trinajstić information content (AvgIpc) is 2.66. The number of hydrogen-bond donors (Lipinski definition) is 1. The third-order valence-corrected chi connectivity index (χ3v) is 6.47. The van der Waals surface area contributed by atoms with E-state index in [9.17, 15) is 13.2 Å². The number of piperidine rings is 1. The van der Waals surface area contributed by atoms with Gasteiger partial charge in [0.1, 0.15) is 0 Å². The zero-order chi connectivity index (χ0) is 19.2. The maximum absolute atomic E-state index is 12.5. The molecule has 7 nitrogen and oxygen atoms in total. The number of nitrogens with zero attached hydrogens (tertiary/aromatic N) is 1. The molecule has 27 heavy (non-hydrogen) atoms. The number of sulfone groups is 1. The molecular formula is C18H29ClN2O5S. The summed E-state index contributed by atoms with van der Waals surface area (Å²) >= 11 is 0. The predicted octanol–water partition coefficient (Wildman–Crippen LogP) is 1.75. The van der Waals surface area contributed by atoms with Crippen LogP contribution in [0.25, 0.3) is 0 Å². The summed E-state index contributed by atoms with van der Waals surface area (Å²) in [6.45, 7) is 2.35. The van der Waals surface area contributed by atoms with Crippen molar-refractivity contribution in [3.05, 3.63) is 18.2 Å². The van der Waals surface area contributed by atoms with Crippen LogP contribution in [0.5, 0.6) is 11.5 Å². The van der Waals surface area contributed by atoms with Gasteiger partial charge in [-0.15, -0.1) is 12.4 Å². The van der Waals surface area contributed by atoms with E-state index in [1.54, 1.807) is 11.0 Å². The van der Waals surface area contributed by atoms with Crippen LogP contribution in [-0.4, -0.2) is 65.9 Å². The van der Waals surface area contributed by atoms with Gasteiger partial charge in [-0.2, -0.15) is 0 Å². The van der Waals surface area contributed by atoms with Crippen LogP contribution in [0.4, 0.5) is 0 Å². The molecule has 1 aliphatic heterocycles. The van der Waals surface area contributed by atoms with Crippen LogP contribution in [0.3, 0.4) is 0 Å². The molecule has 1 saturated heterocycles. The molecule has 1 aromatic rings. The van der Waals surface area contributed by atoms with Crippen LogP contribution >= 0.6 is 12.4 Å². The highest BCUT2D eigenvalue weighted by atomic mass is 35.5. The minimum Gasteiger partial charge on any atom is -0.493 e. The van der Waals surface area contributed by atoms with Gasteiger partial charge in [-0.25, -0.2) is 8.42 Å². The number of carbonyl (C=O) groups excluding carboxylic acids is 1. The molecule has 1 aliphatic rings. The number of nitrogens with one attached hydrogen (secondary N) is 1. The summed E-state index contributed by atoms with van der Waals surface area (Å²) in [6.07, 6.45) is 1.90. The smallest absolute Gasteiger partial charge is 0.223 e. The van der Waals surface area contributed by atoms with Crippen LogP contribution in [0.2, 0.25) is 0 Å². The summed E-state index contributed by atoms with van der Waals surface area (Å²) in [7, 11) is 1.31. The first-order chi connectivity index (χ1) is 12.4. The highest BCUT2D eigenvalue weighted by molar-refractivity contribution is 7.91. The Morgan fingerprint density at radius 1 is 1.19 bits per heavy atom. The molecule has 0 aliphatic carbocycles. The van der Waals surface area contributed by atoms with E-state index in [4.69, 9.17) is 9.47 Å². The molecule has 0 radical (unpaired) electrons. The maximum Gasteiger partial charge on any atom is 0.223 e. The Morgan fingerprint density at radius 3 is 2.37 bits per heavy atom. The lowest BCUT2D eigenvalue weighted by atomic mass is 9.97. The summed E-state index contributed by atoms with van der Waals surface area (Å²) in [6, 6.07) is 4.46. The second-order valence-electron chi connectivity index (χ2n) is 6.47. The van der Waals surface area contributed by atoms with Gasteiger partial charge in [-0.1, -0.05) is 0 Å². The average molecular weight is 421 g/mol. The second-order valence-corrected chi connectivity index (χ2v) is 8.58. The molecule has 0 bridgehead atoms. The van der Waals surface area contributed by atoms with Crippen molar-refractivity contribution < 1.29 is 22.7 Å². The summed E-state index contributed by atoms with van der Waals surface area (Å²) in [5.41, 5.74) is 0. The molecular weight excluding hydrogens is 392 g/mol. The van der Waals surface area contributed by atoms with Crippen LogP contribution in [0.15, 0.2) is 23.1 Å². The number of halogens is 1. The molecule has 1 aromatic carbocycles. The van der Waals surface area contributed by atoms with Gasteiger partial charge >= 0.3 is 0 Å². The molecule has 0 aromatic heterocycles. The molecule has 1 fully saturated rings. The first kappa shape index (κ1) is 23.5. The number of ether oxygens (including phenoxy) is 2. The molecule has 0 unspecified atom stereocenters. The Morgan fingerprint density at radius 2 is 1.81 bits per heavy atom. The van der Waals surface area contributed by atoms with Gasteiger partial charge in [0, 0.05) is 25.6 Å². The highest BCUT2D eigenvalue weighted by Gasteiger charge is 2.24. The predicted molar refractivity (Wildman–Crippen MR) is 107 cm³/mol. The normalized spacial score (nSPS) is 15.1. The quantitative estimate of drug-likeness (QED) is 0.689. The second kappa shape index (κ2) is 10.7. The number of rotatable bonds is 8. The van der Waals surface area contributed by atoms with Crippen molar-refractivity contribution in [3.63, 3.8) is 0 Å². The summed E-state index contributed by atoms with van der Waals surface area (Å²) in [4.78, 5) is 14.3. The Labute approximate surface area is 167 Å². The van der Waals surface area contributed by atoms with E-state index in [2.05, 4.69) is 5.32 Å². The Balaban J connectivity index is 0.00000364. The van der Waals surface area contributed by atoms with Crippen molar-refractivity contribution in [2.75, 3.05) is 46.7 Å². The molecule has 0 saturated carbocycles. The molecule has 0 atom stereocenters. The van der Waals surface area contributed by atoms with Crippen LogP contribution < -0.4 is 14.8 Å². The minimum atomic E-state index is -3.56. The summed E-state index contributed by atoms with van der Waals surface area (Å²) in [5, 5.41) is 3.16. The lowest BCUT2D eigenvalue weighted by Gasteiger charge is -2.32. The fourth-order valence-corrected chi connectivity index (χ4v) is 4.42. The number of benzene rings is 1. The SMILES string of the molecule is CNCC1CCN(C(=O)CCS(=O)(=O)c2ccc(OC)c(OC)c2)CC1.Cl. The van der Waals surface area contributed by atoms with Crippen molar-refractivity contribution in [3.8, 4) is 11.5 Å². The number of carbonyl (C=O) groups is 1. The fraction of sp³-hybridized carbons (Fsp3) is 0.611. The van der Waals surface area contributed by atoms with Crippen LogP contribution in [0, 0.1) is 5.92 Å². The van der Waals surface area contributed by atoms with Gasteiger partial charge in [0.2, 0.25) is 5.91 Å². The van der Waals surface area contributed by atoms with Crippen molar-refractivity contribution in [2.45, 2.75) is 24.2 Å². The third kappa shape index (κ3) is 6.26. The Hall–Kier alpha value is -1.51. The molecule has 154 valence electrons. The monoisotopic (exact) mass is 420 g/mol. The van der Waals surface area contributed by atoms with Gasteiger partial charge in [0.25, 0.3) is 0 Å². The minimum absolute atomic E-state index is 0. The van der Waals surface area contributed by atoms with Crippen molar-refractivity contribution in [1.82, 2.24) is 10.2 Å². The van der Waals surface area contributed by atoms with E-state index >= 15 is 0 Å². The number of likely N-dealkylation sites (tertiary alicyclic amines) is 1. The van der Waals surface area contributed by atoms with Gasteiger partial charge in [-0.05, 0) is 44.5 Å². The van der Waals surface area contributed by atoms with Crippen molar-refractivity contribution in [2.24, 2.45) is 5.92 Å². The van der Waals surface area contributed by atoms with E-state index in [1.165, 1.54) is 26.4 Å². The van der Waals surface area contributed by atoms with Gasteiger partial charge in [0.15, 0.2) is 21.3 Å². The first-order valence-electron chi connectivity index (χ1n) is 8.78. The third-order valence-electron chi connectivity index (χ3n) is 4.76. The number of hydrogen-bond acceptors (Lipinski definition) is 6. The molecule has 2 rings (SSSR count). The van der Waals surface area contributed by atoms with Crippen LogP contribution in [0.1, 0.15) is 19.3 Å². The van der Waals surface area contributed by atoms with Gasteiger partial charge in [-0.3, -0.25) is 4.79 Å². The largest absolute Gasteiger partial charge is 0.493 e. The molecule has 1 amide bonds. The fourth-order valence-electron chi connectivity index (χ4n) is 3.18. The Bertz CT molecular complexity index is 718. The van der Waals surface area contributed by atoms with Crippen molar-refractivity contribution in [1.29, 1.82) is 0 Å². The van der Waals surface area contributed by atoms with E-state index in [-0.39, 0.29) is 35.4 Å². The molecule has 0 spiro atoms. The zero-order valence-electron chi connectivity index (χ0n) is 16.1. The van der Waals surface area contributed by atoms with E-state index in [0.717, 1.165) is 19.4 Å². The van der Waals surface area contributed by atoms with E-state index in [0.29, 0.717) is 30.5 Å². The van der Waals surface area contributed by atoms with Crippen LogP contribution in [-0.2, 0) is 14.6 Å². The van der Waals surface area contributed by atoms with E-state index < -0.39 is 9.84 Å². The number of methoxy groups -OCH3 is 2. The first-order valence-corrected chi connectivity index (χ1v) is 10.4. The van der Waals surface area contributed by atoms with Gasteiger partial charge in [0.05, 0.1) is 24.9 Å². The summed E-state index contributed by atoms with van der Waals surface area (Å²) in [5.74, 6) is 1.09. The van der Waals surface area contributed by atoms with E-state index in [1.807, 2.05) is 7.05 Å². The molecule has 1 N–H and O–H groups in total. The Kier molecular flexibility index (Phi) is 9.35. The summed E-state index contributed by atoms with van der Waals surface area (Å²) < 4.78 is 35.4. The lowest BCUT2D eigenvalue weighted by Crippen LogP contribution is -2.40. The zero-order valence-corrected chi connectivity index (χ0v) is 17.7. The molecule has 9 heteroatoms. The standard InChI is InChI=1S/C18H28N2O5S.ClH/c1-19-13-14-6-9-20(10-7-14)18(21)8-11-26(22,23)15-4-5-16(24-2)17(12-15)25-3;/h4-5,12,14,19H,6-11,13H2,1-3H3;1H. The highest BCUT2D eigenvalue weighted by Crippen LogP contribution is 2.30. The number of amides is 1. The van der Waals surface area contributed by atoms with Gasteiger partial charge < -0.3 is 19.7 Å². The maximum atomic E-state index is 12.5.